The zero-order valence-electron chi connectivity index (χ0n) is 20.1. The Morgan fingerprint density at radius 3 is 2.61 bits per heavy atom. The van der Waals surface area contributed by atoms with Crippen LogP contribution < -0.4 is 10.6 Å². The second-order valence-electron chi connectivity index (χ2n) is 8.22. The van der Waals surface area contributed by atoms with Gasteiger partial charge in [0.05, 0.1) is 31.5 Å². The Bertz CT molecular complexity index is 833. The standard InChI is InChI=1S/C25H38N4O3.HI/c1-4-21(5-2)24-15-23(32-29-24)17-28-25(26-6-3)27-16-19-8-7-9-20(14-19)18-31-22-10-12-30-13-11-22;/h7-9,14-15,21-22H,4-6,10-13,16-18H2,1-3H3,(H2,26,27,28);1H. The molecule has 0 saturated carbocycles. The zero-order valence-corrected chi connectivity index (χ0v) is 22.5. The first-order valence-corrected chi connectivity index (χ1v) is 12.0. The maximum Gasteiger partial charge on any atom is 0.191 e. The molecule has 2 aromatic rings. The van der Waals surface area contributed by atoms with Gasteiger partial charge in [-0.15, -0.1) is 24.0 Å². The molecule has 0 atom stereocenters. The highest BCUT2D eigenvalue weighted by molar-refractivity contribution is 14.0. The van der Waals surface area contributed by atoms with E-state index in [0.717, 1.165) is 68.4 Å². The van der Waals surface area contributed by atoms with E-state index < -0.39 is 0 Å². The minimum Gasteiger partial charge on any atom is -0.381 e. The van der Waals surface area contributed by atoms with Crippen molar-refractivity contribution in [3.05, 3.63) is 52.9 Å². The topological polar surface area (TPSA) is 80.9 Å². The van der Waals surface area contributed by atoms with Crippen LogP contribution >= 0.6 is 24.0 Å². The normalized spacial score (nSPS) is 14.8. The fourth-order valence-electron chi connectivity index (χ4n) is 3.87. The summed E-state index contributed by atoms with van der Waals surface area (Å²) in [6, 6.07) is 10.5. The van der Waals surface area contributed by atoms with Gasteiger partial charge in [-0.1, -0.05) is 43.3 Å². The summed E-state index contributed by atoms with van der Waals surface area (Å²) in [5.41, 5.74) is 3.37. The van der Waals surface area contributed by atoms with Crippen LogP contribution in [0.1, 0.15) is 75.0 Å². The third kappa shape index (κ3) is 9.25. The lowest BCUT2D eigenvalue weighted by Gasteiger charge is -2.22. The number of ether oxygens (including phenoxy) is 2. The van der Waals surface area contributed by atoms with Crippen molar-refractivity contribution < 1.29 is 14.0 Å². The summed E-state index contributed by atoms with van der Waals surface area (Å²) in [4.78, 5) is 4.74. The van der Waals surface area contributed by atoms with Crippen LogP contribution in [0.15, 0.2) is 39.8 Å². The number of nitrogens with one attached hydrogen (secondary N) is 2. The van der Waals surface area contributed by atoms with Gasteiger partial charge in [-0.3, -0.25) is 0 Å². The fourth-order valence-corrected chi connectivity index (χ4v) is 3.87. The molecule has 0 bridgehead atoms. The van der Waals surface area contributed by atoms with Gasteiger partial charge in [0.2, 0.25) is 0 Å². The predicted molar refractivity (Wildman–Crippen MR) is 142 cm³/mol. The SMILES string of the molecule is CCNC(=NCc1cccc(COC2CCOCC2)c1)NCc1cc(C(CC)CC)no1.I. The van der Waals surface area contributed by atoms with Crippen molar-refractivity contribution in [3.63, 3.8) is 0 Å². The van der Waals surface area contributed by atoms with E-state index in [1.807, 2.05) is 0 Å². The lowest BCUT2D eigenvalue weighted by atomic mass is 9.99. The number of nitrogens with zero attached hydrogens (tertiary/aromatic N) is 2. The number of guanidine groups is 1. The van der Waals surface area contributed by atoms with Crippen LogP contribution in [0.25, 0.3) is 0 Å². The van der Waals surface area contributed by atoms with Crippen LogP contribution in [-0.4, -0.2) is 37.0 Å². The zero-order chi connectivity index (χ0) is 22.6. The van der Waals surface area contributed by atoms with Crippen molar-refractivity contribution in [3.8, 4) is 0 Å². The van der Waals surface area contributed by atoms with Crippen LogP contribution in [0.2, 0.25) is 0 Å². The lowest BCUT2D eigenvalue weighted by Crippen LogP contribution is -2.36. The molecule has 1 aromatic carbocycles. The Morgan fingerprint density at radius 1 is 1.12 bits per heavy atom. The Balaban J connectivity index is 0.00000385. The quantitative estimate of drug-likeness (QED) is 0.221. The average molecular weight is 571 g/mol. The summed E-state index contributed by atoms with van der Waals surface area (Å²) in [5, 5.41) is 10.9. The van der Waals surface area contributed by atoms with Crippen LogP contribution in [0.3, 0.4) is 0 Å². The number of rotatable bonds is 11. The van der Waals surface area contributed by atoms with Gasteiger partial charge in [0.1, 0.15) is 0 Å². The van der Waals surface area contributed by atoms with Crippen molar-refractivity contribution >= 4 is 29.9 Å². The third-order valence-corrected chi connectivity index (χ3v) is 5.82. The molecule has 8 heteroatoms. The first-order chi connectivity index (χ1) is 15.7. The molecule has 0 aliphatic carbocycles. The van der Waals surface area contributed by atoms with Crippen molar-refractivity contribution in [2.24, 2.45) is 4.99 Å². The van der Waals surface area contributed by atoms with Crippen molar-refractivity contribution in [1.29, 1.82) is 0 Å². The van der Waals surface area contributed by atoms with Gasteiger partial charge >= 0.3 is 0 Å². The van der Waals surface area contributed by atoms with Crippen molar-refractivity contribution in [1.82, 2.24) is 15.8 Å². The second-order valence-corrected chi connectivity index (χ2v) is 8.22. The number of benzene rings is 1. The third-order valence-electron chi connectivity index (χ3n) is 5.82. The molecule has 0 amide bonds. The molecule has 1 aromatic heterocycles. The largest absolute Gasteiger partial charge is 0.381 e. The molecule has 1 aliphatic rings. The first kappa shape index (κ1) is 27.6. The molecule has 0 radical (unpaired) electrons. The van der Waals surface area contributed by atoms with Gasteiger partial charge in [-0.05, 0) is 43.7 Å². The van der Waals surface area contributed by atoms with E-state index in [-0.39, 0.29) is 24.0 Å². The molecular formula is C25H39IN4O3. The highest BCUT2D eigenvalue weighted by Gasteiger charge is 2.14. The van der Waals surface area contributed by atoms with Gasteiger partial charge < -0.3 is 24.6 Å². The second kappa shape index (κ2) is 15.3. The van der Waals surface area contributed by atoms with E-state index in [2.05, 4.69) is 66.9 Å². The van der Waals surface area contributed by atoms with Crippen LogP contribution in [0.5, 0.6) is 0 Å². The van der Waals surface area contributed by atoms with E-state index in [1.54, 1.807) is 0 Å². The Kier molecular flexibility index (Phi) is 12.8. The van der Waals surface area contributed by atoms with Crippen LogP contribution in [0.4, 0.5) is 0 Å². The molecule has 2 heterocycles. The molecule has 3 rings (SSSR count). The number of hydrogen-bond donors (Lipinski definition) is 2. The number of hydrogen-bond acceptors (Lipinski definition) is 5. The van der Waals surface area contributed by atoms with E-state index >= 15 is 0 Å². The molecule has 0 unspecified atom stereocenters. The van der Waals surface area contributed by atoms with E-state index in [1.165, 1.54) is 5.56 Å². The molecule has 0 spiro atoms. The van der Waals surface area contributed by atoms with E-state index in [4.69, 9.17) is 19.0 Å². The molecule has 7 nitrogen and oxygen atoms in total. The maximum absolute atomic E-state index is 6.05. The molecule has 2 N–H and O–H groups in total. The van der Waals surface area contributed by atoms with Crippen molar-refractivity contribution in [2.75, 3.05) is 19.8 Å². The molecule has 33 heavy (non-hydrogen) atoms. The molecule has 1 fully saturated rings. The lowest BCUT2D eigenvalue weighted by molar-refractivity contribution is -0.0390. The van der Waals surface area contributed by atoms with Crippen LogP contribution in [0, 0.1) is 0 Å². The highest BCUT2D eigenvalue weighted by Crippen LogP contribution is 2.22. The molecule has 184 valence electrons. The first-order valence-electron chi connectivity index (χ1n) is 12.0. The number of aromatic nitrogens is 1. The van der Waals surface area contributed by atoms with E-state index in [0.29, 0.717) is 31.7 Å². The molecule has 1 saturated heterocycles. The fraction of sp³-hybridized carbons (Fsp3) is 0.600. The average Bonchev–Trinajstić information content (AvgIpc) is 3.30. The molecule has 1 aliphatic heterocycles. The Morgan fingerprint density at radius 2 is 1.88 bits per heavy atom. The summed E-state index contributed by atoms with van der Waals surface area (Å²) >= 11 is 0. The highest BCUT2D eigenvalue weighted by atomic mass is 127. The van der Waals surface area contributed by atoms with Gasteiger partial charge in [-0.2, -0.15) is 0 Å². The smallest absolute Gasteiger partial charge is 0.191 e. The Labute approximate surface area is 215 Å². The van der Waals surface area contributed by atoms with Crippen LogP contribution in [-0.2, 0) is 29.2 Å². The summed E-state index contributed by atoms with van der Waals surface area (Å²) in [6.07, 6.45) is 4.40. The summed E-state index contributed by atoms with van der Waals surface area (Å²) in [6.45, 7) is 10.6. The van der Waals surface area contributed by atoms with Gasteiger partial charge in [0, 0.05) is 31.7 Å². The summed E-state index contributed by atoms with van der Waals surface area (Å²) in [7, 11) is 0. The minimum atomic E-state index is 0. The van der Waals surface area contributed by atoms with Crippen molar-refractivity contribution in [2.45, 2.75) is 78.2 Å². The number of halogens is 1. The predicted octanol–water partition coefficient (Wildman–Crippen LogP) is 5.15. The molecular weight excluding hydrogens is 531 g/mol. The summed E-state index contributed by atoms with van der Waals surface area (Å²) < 4.78 is 17.0. The van der Waals surface area contributed by atoms with E-state index in [9.17, 15) is 0 Å². The Hall–Kier alpha value is -1.65. The number of aliphatic imine (C=N–C) groups is 1. The minimum absolute atomic E-state index is 0. The monoisotopic (exact) mass is 570 g/mol. The maximum atomic E-state index is 6.05. The van der Waals surface area contributed by atoms with Gasteiger partial charge in [-0.25, -0.2) is 4.99 Å². The summed E-state index contributed by atoms with van der Waals surface area (Å²) in [5.74, 6) is 2.04. The van der Waals surface area contributed by atoms with Gasteiger partial charge in [0.25, 0.3) is 0 Å². The van der Waals surface area contributed by atoms with Gasteiger partial charge in [0.15, 0.2) is 11.7 Å².